The van der Waals surface area contributed by atoms with E-state index >= 15 is 0 Å². The van der Waals surface area contributed by atoms with Crippen LogP contribution in [0.4, 0.5) is 0 Å². The van der Waals surface area contributed by atoms with Crippen LogP contribution < -0.4 is 9.61 Å². The van der Waals surface area contributed by atoms with Crippen molar-refractivity contribution in [3.05, 3.63) is 30.3 Å². The Morgan fingerprint density at radius 1 is 1.38 bits per heavy atom. The first-order valence-corrected chi connectivity index (χ1v) is 8.70. The fourth-order valence-corrected chi connectivity index (χ4v) is 2.89. The van der Waals surface area contributed by atoms with Crippen LogP contribution >= 0.6 is 7.52 Å². The second-order valence-electron chi connectivity index (χ2n) is 4.59. The molecule has 0 aliphatic rings. The van der Waals surface area contributed by atoms with Crippen LogP contribution in [0.2, 0.25) is 0 Å². The first-order valence-electron chi connectivity index (χ1n) is 6.89. The number of benzene rings is 1. The van der Waals surface area contributed by atoms with Crippen LogP contribution in [0, 0.1) is 0 Å². The van der Waals surface area contributed by atoms with Gasteiger partial charge in [0.05, 0.1) is 6.61 Å². The molecule has 21 heavy (non-hydrogen) atoms. The SMILES string of the molecule is CCCCOC(=O)[C@H](C)N[P@](=O)(CO)Oc1ccccc1. The number of nitrogens with one attached hydrogen (secondary N) is 1. The molecule has 6 nitrogen and oxygen atoms in total. The van der Waals surface area contributed by atoms with Crippen LogP contribution in [0.3, 0.4) is 0 Å². The Hall–Kier alpha value is -1.36. The van der Waals surface area contributed by atoms with Crippen molar-refractivity contribution in [2.45, 2.75) is 32.7 Å². The van der Waals surface area contributed by atoms with Gasteiger partial charge in [-0.2, -0.15) is 0 Å². The molecule has 0 saturated carbocycles. The highest BCUT2D eigenvalue weighted by molar-refractivity contribution is 7.57. The van der Waals surface area contributed by atoms with E-state index in [1.54, 1.807) is 30.3 Å². The van der Waals surface area contributed by atoms with E-state index < -0.39 is 25.9 Å². The van der Waals surface area contributed by atoms with E-state index in [-0.39, 0.29) is 0 Å². The first-order chi connectivity index (χ1) is 10.0. The summed E-state index contributed by atoms with van der Waals surface area (Å²) in [5.41, 5.74) is 0. The van der Waals surface area contributed by atoms with E-state index in [9.17, 15) is 14.5 Å². The molecule has 2 N–H and O–H groups in total. The second kappa shape index (κ2) is 8.82. The van der Waals surface area contributed by atoms with Gasteiger partial charge >= 0.3 is 13.5 Å². The number of unbranched alkanes of at least 4 members (excludes halogenated alkanes) is 1. The summed E-state index contributed by atoms with van der Waals surface area (Å²) < 4.78 is 22.7. The van der Waals surface area contributed by atoms with Crippen molar-refractivity contribution in [3.63, 3.8) is 0 Å². The number of esters is 1. The number of carbonyl (C=O) groups excluding carboxylic acids is 1. The number of rotatable bonds is 9. The molecule has 1 rings (SSSR count). The summed E-state index contributed by atoms with van der Waals surface area (Å²) in [6.07, 6.45) is 0.979. The summed E-state index contributed by atoms with van der Waals surface area (Å²) in [5, 5.41) is 11.8. The van der Waals surface area contributed by atoms with Gasteiger partial charge in [-0.15, -0.1) is 0 Å². The van der Waals surface area contributed by atoms with Gasteiger partial charge in [0.15, 0.2) is 0 Å². The molecule has 0 fully saturated rings. The van der Waals surface area contributed by atoms with Crippen LogP contribution in [0.1, 0.15) is 26.7 Å². The summed E-state index contributed by atoms with van der Waals surface area (Å²) in [7, 11) is -3.57. The van der Waals surface area contributed by atoms with Gasteiger partial charge in [-0.1, -0.05) is 31.5 Å². The molecule has 0 unspecified atom stereocenters. The van der Waals surface area contributed by atoms with Gasteiger partial charge in [0.25, 0.3) is 0 Å². The fraction of sp³-hybridized carbons (Fsp3) is 0.500. The van der Waals surface area contributed by atoms with Crippen LogP contribution in [0.15, 0.2) is 30.3 Å². The van der Waals surface area contributed by atoms with Gasteiger partial charge in [-0.05, 0) is 25.5 Å². The van der Waals surface area contributed by atoms with E-state index in [4.69, 9.17) is 9.26 Å². The zero-order valence-corrected chi connectivity index (χ0v) is 13.2. The lowest BCUT2D eigenvalue weighted by atomic mass is 10.3. The summed E-state index contributed by atoms with van der Waals surface area (Å²) in [6, 6.07) is 7.64. The third-order valence-electron chi connectivity index (χ3n) is 2.67. The lowest BCUT2D eigenvalue weighted by Gasteiger charge is -2.21. The van der Waals surface area contributed by atoms with Crippen molar-refractivity contribution in [1.29, 1.82) is 0 Å². The molecule has 0 aromatic heterocycles. The molecule has 1 aromatic carbocycles. The second-order valence-corrected chi connectivity index (χ2v) is 6.66. The minimum absolute atomic E-state index is 0.324. The molecule has 0 spiro atoms. The van der Waals surface area contributed by atoms with Gasteiger partial charge in [0.2, 0.25) is 0 Å². The third-order valence-corrected chi connectivity index (χ3v) is 4.33. The van der Waals surface area contributed by atoms with Crippen LogP contribution in [0.5, 0.6) is 5.75 Å². The maximum atomic E-state index is 12.4. The quantitative estimate of drug-likeness (QED) is 0.414. The zero-order valence-electron chi connectivity index (χ0n) is 12.3. The standard InChI is InChI=1S/C14H22NO5P/c1-3-4-10-19-14(17)12(2)15-21(18,11-16)20-13-8-6-5-7-9-13/h5-9,12,16H,3-4,10-11H2,1-2H3,(H,15,18)/t12-,21-/m0/s1. The Balaban J connectivity index is 2.59. The van der Waals surface area contributed by atoms with Gasteiger partial charge in [0.1, 0.15) is 18.1 Å². The lowest BCUT2D eigenvalue weighted by Crippen LogP contribution is -2.35. The average Bonchev–Trinajstić information content (AvgIpc) is 2.48. The van der Waals surface area contributed by atoms with Crippen LogP contribution in [-0.2, 0) is 14.1 Å². The summed E-state index contributed by atoms with van der Waals surface area (Å²) in [4.78, 5) is 11.7. The molecule has 0 aliphatic carbocycles. The molecular formula is C14H22NO5P. The number of aliphatic hydroxyl groups excluding tert-OH is 1. The van der Waals surface area contributed by atoms with Gasteiger partial charge in [-0.25, -0.2) is 5.09 Å². The van der Waals surface area contributed by atoms with Gasteiger partial charge in [0, 0.05) is 0 Å². The van der Waals surface area contributed by atoms with E-state index in [0.717, 1.165) is 12.8 Å². The number of para-hydroxylation sites is 1. The Morgan fingerprint density at radius 3 is 2.62 bits per heavy atom. The van der Waals surface area contributed by atoms with Crippen LogP contribution in [-0.4, -0.2) is 30.1 Å². The van der Waals surface area contributed by atoms with Crippen molar-refractivity contribution in [2.75, 3.05) is 13.0 Å². The molecule has 0 radical (unpaired) electrons. The van der Waals surface area contributed by atoms with Crippen molar-refractivity contribution >= 4 is 13.5 Å². The molecular weight excluding hydrogens is 293 g/mol. The lowest BCUT2D eigenvalue weighted by molar-refractivity contribution is -0.145. The molecule has 2 atom stereocenters. The highest BCUT2D eigenvalue weighted by Crippen LogP contribution is 2.42. The summed E-state index contributed by atoms with van der Waals surface area (Å²) in [5.74, 6) is -0.164. The Bertz CT molecular complexity index is 480. The zero-order chi connectivity index (χ0) is 15.7. The molecule has 7 heteroatoms. The number of aliphatic hydroxyl groups is 1. The van der Waals surface area contributed by atoms with Crippen molar-refractivity contribution in [2.24, 2.45) is 0 Å². The van der Waals surface area contributed by atoms with Crippen molar-refractivity contribution < 1.29 is 23.7 Å². The Morgan fingerprint density at radius 2 is 2.05 bits per heavy atom. The highest BCUT2D eigenvalue weighted by Gasteiger charge is 2.29. The van der Waals surface area contributed by atoms with E-state index in [2.05, 4.69) is 5.09 Å². The normalized spacial score (nSPS) is 15.0. The van der Waals surface area contributed by atoms with Crippen molar-refractivity contribution in [1.82, 2.24) is 5.09 Å². The topological polar surface area (TPSA) is 84.9 Å². The maximum Gasteiger partial charge on any atom is 0.342 e. The molecule has 0 bridgehead atoms. The third kappa shape index (κ3) is 6.29. The smallest absolute Gasteiger partial charge is 0.342 e. The number of ether oxygens (including phenoxy) is 1. The van der Waals surface area contributed by atoms with Gasteiger partial charge in [-0.3, -0.25) is 9.36 Å². The fourth-order valence-electron chi connectivity index (χ4n) is 1.54. The van der Waals surface area contributed by atoms with Gasteiger partial charge < -0.3 is 14.4 Å². The Labute approximate surface area is 125 Å². The highest BCUT2D eigenvalue weighted by atomic mass is 31.2. The predicted molar refractivity (Wildman–Crippen MR) is 80.2 cm³/mol. The minimum Gasteiger partial charge on any atom is -0.465 e. The monoisotopic (exact) mass is 315 g/mol. The van der Waals surface area contributed by atoms with E-state index in [0.29, 0.717) is 12.4 Å². The predicted octanol–water partition coefficient (Wildman–Crippen LogP) is 2.53. The number of hydrogen-bond donors (Lipinski definition) is 2. The summed E-state index contributed by atoms with van der Waals surface area (Å²) in [6.45, 7) is 3.83. The largest absolute Gasteiger partial charge is 0.465 e. The Kier molecular flexibility index (Phi) is 7.43. The molecule has 1 aromatic rings. The molecule has 0 amide bonds. The number of carbonyl (C=O) groups is 1. The molecule has 0 saturated heterocycles. The minimum atomic E-state index is -3.57. The van der Waals surface area contributed by atoms with E-state index in [1.165, 1.54) is 6.92 Å². The summed E-state index contributed by atoms with van der Waals surface area (Å²) >= 11 is 0. The molecule has 118 valence electrons. The molecule has 0 heterocycles. The van der Waals surface area contributed by atoms with E-state index in [1.807, 2.05) is 6.92 Å². The maximum absolute atomic E-state index is 12.4. The molecule has 0 aliphatic heterocycles. The van der Waals surface area contributed by atoms with Crippen LogP contribution in [0.25, 0.3) is 0 Å². The number of hydrogen-bond acceptors (Lipinski definition) is 5. The average molecular weight is 315 g/mol. The van der Waals surface area contributed by atoms with Crippen molar-refractivity contribution in [3.8, 4) is 5.75 Å². The first kappa shape index (κ1) is 17.7.